The van der Waals surface area contributed by atoms with Crippen molar-refractivity contribution in [2.75, 3.05) is 26.7 Å². The van der Waals surface area contributed by atoms with Crippen LogP contribution in [0.1, 0.15) is 22.6 Å². The van der Waals surface area contributed by atoms with E-state index in [1.54, 1.807) is 11.3 Å². The topological polar surface area (TPSA) is 76.3 Å². The largest absolute Gasteiger partial charge is 0.486 e. The van der Waals surface area contributed by atoms with Gasteiger partial charge in [0.2, 0.25) is 0 Å². The standard InChI is InChI=1S/C18H21N5O2S.ClH/c1-12-20-13(11-26-12)10-24-16-6-4-3-5-14(16)18-21-17(22-25-18)15-9-19-7-8-23(15)2;/h3-6,11,15,19H,7-10H2,1-2H3;1H. The van der Waals surface area contributed by atoms with Crippen molar-refractivity contribution in [3.63, 3.8) is 0 Å². The molecule has 1 unspecified atom stereocenters. The number of likely N-dealkylation sites (N-methyl/N-ethyl adjacent to an activating group) is 1. The Hall–Kier alpha value is -2.00. The maximum absolute atomic E-state index is 5.96. The van der Waals surface area contributed by atoms with E-state index >= 15 is 0 Å². The fourth-order valence-electron chi connectivity index (χ4n) is 2.97. The number of benzene rings is 1. The van der Waals surface area contributed by atoms with Gasteiger partial charge in [-0.15, -0.1) is 23.7 Å². The normalized spacial score (nSPS) is 17.5. The van der Waals surface area contributed by atoms with E-state index in [1.807, 2.05) is 36.6 Å². The van der Waals surface area contributed by atoms with Crippen LogP contribution in [0, 0.1) is 6.92 Å². The van der Waals surface area contributed by atoms with Crippen LogP contribution in [0.5, 0.6) is 5.75 Å². The highest BCUT2D eigenvalue weighted by Crippen LogP contribution is 2.30. The first kappa shape index (κ1) is 19.8. The number of para-hydroxylation sites is 1. The summed E-state index contributed by atoms with van der Waals surface area (Å²) in [7, 11) is 2.08. The van der Waals surface area contributed by atoms with E-state index in [9.17, 15) is 0 Å². The van der Waals surface area contributed by atoms with Gasteiger partial charge in [0, 0.05) is 25.0 Å². The number of aromatic nitrogens is 3. The Morgan fingerprint density at radius 1 is 1.33 bits per heavy atom. The van der Waals surface area contributed by atoms with Gasteiger partial charge in [-0.05, 0) is 26.1 Å². The molecule has 1 saturated heterocycles. The Kier molecular flexibility index (Phi) is 6.43. The molecule has 0 spiro atoms. The van der Waals surface area contributed by atoms with Crippen LogP contribution in [0.3, 0.4) is 0 Å². The van der Waals surface area contributed by atoms with Gasteiger partial charge >= 0.3 is 0 Å². The van der Waals surface area contributed by atoms with Crippen LogP contribution < -0.4 is 10.1 Å². The van der Waals surface area contributed by atoms with Crippen molar-refractivity contribution in [2.24, 2.45) is 0 Å². The Morgan fingerprint density at radius 2 is 2.19 bits per heavy atom. The second-order valence-corrected chi connectivity index (χ2v) is 7.36. The second kappa shape index (κ2) is 8.79. The van der Waals surface area contributed by atoms with Crippen LogP contribution >= 0.6 is 23.7 Å². The molecule has 1 fully saturated rings. The van der Waals surface area contributed by atoms with Crippen molar-refractivity contribution in [3.05, 3.63) is 46.2 Å². The minimum absolute atomic E-state index is 0. The van der Waals surface area contributed by atoms with Gasteiger partial charge < -0.3 is 14.6 Å². The third kappa shape index (κ3) is 4.47. The molecule has 1 aromatic carbocycles. The summed E-state index contributed by atoms with van der Waals surface area (Å²) in [5.74, 6) is 1.88. The van der Waals surface area contributed by atoms with Crippen molar-refractivity contribution in [2.45, 2.75) is 19.6 Å². The second-order valence-electron chi connectivity index (χ2n) is 6.30. The summed E-state index contributed by atoms with van der Waals surface area (Å²) < 4.78 is 11.5. The lowest BCUT2D eigenvalue weighted by Crippen LogP contribution is -2.44. The van der Waals surface area contributed by atoms with Crippen molar-refractivity contribution >= 4 is 23.7 Å². The summed E-state index contributed by atoms with van der Waals surface area (Å²) in [6, 6.07) is 7.83. The summed E-state index contributed by atoms with van der Waals surface area (Å²) in [6.45, 7) is 5.15. The average Bonchev–Trinajstić information content (AvgIpc) is 3.30. The minimum atomic E-state index is 0. The number of hydrogen-bond donors (Lipinski definition) is 1. The van der Waals surface area contributed by atoms with Crippen LogP contribution in [0.25, 0.3) is 11.5 Å². The summed E-state index contributed by atoms with van der Waals surface area (Å²) >= 11 is 1.62. The zero-order valence-electron chi connectivity index (χ0n) is 15.2. The molecule has 1 N–H and O–H groups in total. The van der Waals surface area contributed by atoms with Crippen molar-refractivity contribution in [1.29, 1.82) is 0 Å². The Balaban J connectivity index is 0.00000210. The number of piperazine rings is 1. The highest BCUT2D eigenvalue weighted by Gasteiger charge is 2.26. The lowest BCUT2D eigenvalue weighted by atomic mass is 10.2. The number of nitrogens with zero attached hydrogens (tertiary/aromatic N) is 4. The molecular weight excluding hydrogens is 386 g/mol. The van der Waals surface area contributed by atoms with E-state index in [2.05, 4.69) is 32.4 Å². The minimum Gasteiger partial charge on any atom is -0.486 e. The van der Waals surface area contributed by atoms with E-state index in [4.69, 9.17) is 9.26 Å². The first-order chi connectivity index (χ1) is 12.7. The number of ether oxygens (including phenoxy) is 1. The number of nitrogens with one attached hydrogen (secondary N) is 1. The molecule has 3 aromatic rings. The summed E-state index contributed by atoms with van der Waals surface area (Å²) in [6.07, 6.45) is 0. The number of thiazole rings is 1. The van der Waals surface area contributed by atoms with E-state index in [-0.39, 0.29) is 18.4 Å². The Bertz CT molecular complexity index is 884. The van der Waals surface area contributed by atoms with Crippen LogP contribution in [-0.4, -0.2) is 46.7 Å². The molecule has 0 radical (unpaired) electrons. The van der Waals surface area contributed by atoms with E-state index in [0.717, 1.165) is 35.9 Å². The molecule has 9 heteroatoms. The van der Waals surface area contributed by atoms with E-state index in [1.165, 1.54) is 0 Å². The number of hydrogen-bond acceptors (Lipinski definition) is 8. The van der Waals surface area contributed by atoms with Gasteiger partial charge in [-0.3, -0.25) is 4.90 Å². The lowest BCUT2D eigenvalue weighted by Gasteiger charge is -2.30. The van der Waals surface area contributed by atoms with Gasteiger partial charge in [-0.25, -0.2) is 4.98 Å². The third-order valence-electron chi connectivity index (χ3n) is 4.41. The number of aryl methyl sites for hydroxylation is 1. The zero-order chi connectivity index (χ0) is 17.9. The van der Waals surface area contributed by atoms with Crippen molar-refractivity contribution < 1.29 is 9.26 Å². The molecule has 1 aliphatic heterocycles. The van der Waals surface area contributed by atoms with Crippen LogP contribution in [0.4, 0.5) is 0 Å². The lowest BCUT2D eigenvalue weighted by molar-refractivity contribution is 0.190. The molecular formula is C18H22ClN5O2S. The SMILES string of the molecule is Cc1nc(COc2ccccc2-c2nc(C3CNCCN3C)no2)cs1.Cl. The van der Waals surface area contributed by atoms with Gasteiger partial charge in [0.25, 0.3) is 5.89 Å². The summed E-state index contributed by atoms with van der Waals surface area (Å²) in [5, 5.41) is 10.6. The van der Waals surface area contributed by atoms with Crippen molar-refractivity contribution in [3.8, 4) is 17.2 Å². The molecule has 0 saturated carbocycles. The molecule has 1 atom stereocenters. The maximum atomic E-state index is 5.96. The van der Waals surface area contributed by atoms with Crippen LogP contribution in [0.15, 0.2) is 34.2 Å². The average molecular weight is 408 g/mol. The van der Waals surface area contributed by atoms with Gasteiger partial charge in [0.15, 0.2) is 5.82 Å². The zero-order valence-corrected chi connectivity index (χ0v) is 16.8. The molecule has 0 bridgehead atoms. The Labute approximate surface area is 168 Å². The molecule has 0 amide bonds. The summed E-state index contributed by atoms with van der Waals surface area (Å²) in [5.41, 5.74) is 1.72. The monoisotopic (exact) mass is 407 g/mol. The Morgan fingerprint density at radius 3 is 2.96 bits per heavy atom. The predicted octanol–water partition coefficient (Wildman–Crippen LogP) is 3.08. The quantitative estimate of drug-likeness (QED) is 0.696. The number of rotatable bonds is 5. The first-order valence-corrected chi connectivity index (χ1v) is 9.46. The molecule has 2 aromatic heterocycles. The highest BCUT2D eigenvalue weighted by atomic mass is 35.5. The smallest absolute Gasteiger partial charge is 0.261 e. The molecule has 4 rings (SSSR count). The molecule has 3 heterocycles. The van der Waals surface area contributed by atoms with Gasteiger partial charge in [0.05, 0.1) is 22.3 Å². The fraction of sp³-hybridized carbons (Fsp3) is 0.389. The predicted molar refractivity (Wildman–Crippen MR) is 106 cm³/mol. The molecule has 7 nitrogen and oxygen atoms in total. The number of halogens is 1. The van der Waals surface area contributed by atoms with Gasteiger partial charge in [0.1, 0.15) is 12.4 Å². The van der Waals surface area contributed by atoms with Gasteiger partial charge in [-0.1, -0.05) is 17.3 Å². The molecule has 144 valence electrons. The van der Waals surface area contributed by atoms with E-state index < -0.39 is 0 Å². The molecule has 27 heavy (non-hydrogen) atoms. The summed E-state index contributed by atoms with van der Waals surface area (Å²) in [4.78, 5) is 11.3. The fourth-order valence-corrected chi connectivity index (χ4v) is 3.57. The van der Waals surface area contributed by atoms with Crippen molar-refractivity contribution in [1.82, 2.24) is 25.3 Å². The van der Waals surface area contributed by atoms with Crippen LogP contribution in [0.2, 0.25) is 0 Å². The maximum Gasteiger partial charge on any atom is 0.261 e. The van der Waals surface area contributed by atoms with Crippen LogP contribution in [-0.2, 0) is 6.61 Å². The highest BCUT2D eigenvalue weighted by molar-refractivity contribution is 7.09. The third-order valence-corrected chi connectivity index (χ3v) is 5.23. The van der Waals surface area contributed by atoms with Gasteiger partial charge in [-0.2, -0.15) is 4.98 Å². The molecule has 1 aliphatic rings. The van der Waals surface area contributed by atoms with E-state index in [0.29, 0.717) is 24.1 Å². The molecule has 0 aliphatic carbocycles. The first-order valence-electron chi connectivity index (χ1n) is 8.58.